The van der Waals surface area contributed by atoms with Crippen molar-refractivity contribution in [3.05, 3.63) is 207 Å². The van der Waals surface area contributed by atoms with Gasteiger partial charge in [-0.2, -0.15) is 60.9 Å². The zero-order valence-corrected chi connectivity index (χ0v) is 69.3. The van der Waals surface area contributed by atoms with E-state index in [-0.39, 0.29) is 114 Å². The highest BCUT2D eigenvalue weighted by molar-refractivity contribution is 5.56. The number of hydrogen-bond acceptors (Lipinski definition) is 26. The van der Waals surface area contributed by atoms with E-state index in [9.17, 15) is 71.3 Å². The number of aliphatic hydroxyl groups excluding tert-OH is 4. The number of anilines is 6. The number of halogens is 8. The summed E-state index contributed by atoms with van der Waals surface area (Å²) in [5, 5.41) is 103. The fourth-order valence-electron chi connectivity index (χ4n) is 15.7. The Hall–Kier alpha value is -12.2. The molecule has 10 N–H and O–H groups in total. The van der Waals surface area contributed by atoms with E-state index in [1.54, 1.807) is 53.1 Å². The molecule has 4 fully saturated rings. The summed E-state index contributed by atoms with van der Waals surface area (Å²) in [7, 11) is 0. The van der Waals surface area contributed by atoms with Crippen LogP contribution in [0.5, 0.6) is 5.75 Å². The van der Waals surface area contributed by atoms with E-state index in [0.717, 1.165) is 102 Å². The van der Waals surface area contributed by atoms with Crippen LogP contribution in [0.15, 0.2) is 128 Å². The summed E-state index contributed by atoms with van der Waals surface area (Å²) in [5.74, 6) is 2.28. The third kappa shape index (κ3) is 26.0. The van der Waals surface area contributed by atoms with Crippen molar-refractivity contribution >= 4 is 35.4 Å². The number of para-hydroxylation sites is 3. The van der Waals surface area contributed by atoms with Gasteiger partial charge in [-0.3, -0.25) is 0 Å². The van der Waals surface area contributed by atoms with Crippen LogP contribution in [0.25, 0.3) is 11.4 Å². The maximum Gasteiger partial charge on any atom is 0.419 e. The maximum absolute atomic E-state index is 13.7. The molecule has 658 valence electrons. The van der Waals surface area contributed by atoms with E-state index in [4.69, 9.17) is 0 Å². The average Bonchev–Trinajstić information content (AvgIpc) is 0.954. The monoisotopic (exact) mass is 1720 g/mol. The fraction of sp³-hybridized carbons (Fsp3) is 0.466. The van der Waals surface area contributed by atoms with Gasteiger partial charge in [0, 0.05) is 50.0 Å². The van der Waals surface area contributed by atoms with Crippen LogP contribution in [0.1, 0.15) is 203 Å². The second-order valence-electron chi connectivity index (χ2n) is 32.8. The first-order chi connectivity index (χ1) is 58.7. The Morgan fingerprint density at radius 3 is 1.29 bits per heavy atom. The number of aliphatic hydroxyl groups is 4. The molecule has 4 aliphatic rings. The molecule has 0 unspecified atom stereocenters. The van der Waals surface area contributed by atoms with Gasteiger partial charge in [-0.25, -0.2) is 39.3 Å². The molecule has 36 heteroatoms. The average molecular weight is 1720 g/mol. The SMILES string of the molecule is C.Cc1ccc(C(F)(F)F)c(CNc2ncc(C#N)c(NC3CCC(O)CC3)n2)c1.Cc1cnnn1-c1ccccc1CNc1ncc(C#N)c(C[C@@H]2CC[C@H](O)C(C)(C)C2)n1.Cc1cnnn1-c1ccccc1CNc1ncc(C(F)(F)F)c(C[C@@H]2CC[C@H](O)C(C)(C)C2)n1.N#Cc1cnc(NCc2ccccc2OC(F)F)nc1NC1CCC(O)CC1. The first-order valence-corrected chi connectivity index (χ1v) is 40.8. The Labute approximate surface area is 714 Å². The van der Waals surface area contributed by atoms with Crippen LogP contribution in [0.3, 0.4) is 0 Å². The summed E-state index contributed by atoms with van der Waals surface area (Å²) in [6.45, 7) is 11.7. The minimum absolute atomic E-state index is 0. The Morgan fingerprint density at radius 1 is 0.468 bits per heavy atom. The van der Waals surface area contributed by atoms with Crippen LogP contribution in [0, 0.1) is 77.4 Å². The maximum atomic E-state index is 13.7. The van der Waals surface area contributed by atoms with Crippen molar-refractivity contribution in [3.63, 3.8) is 0 Å². The van der Waals surface area contributed by atoms with Crippen molar-refractivity contribution < 1.29 is 60.3 Å². The zero-order chi connectivity index (χ0) is 88.2. The number of hydrogen-bond donors (Lipinski definition) is 10. The Morgan fingerprint density at radius 2 is 0.863 bits per heavy atom. The lowest BCUT2D eigenvalue weighted by atomic mass is 9.69. The summed E-state index contributed by atoms with van der Waals surface area (Å²) in [6, 6.07) is 32.5. The number of nitrogens with zero attached hydrogens (tertiary/aromatic N) is 17. The third-order valence-corrected chi connectivity index (χ3v) is 22.5. The van der Waals surface area contributed by atoms with Crippen LogP contribution >= 0.6 is 0 Å². The second-order valence-corrected chi connectivity index (χ2v) is 32.8. The molecule has 0 bridgehead atoms. The van der Waals surface area contributed by atoms with Gasteiger partial charge in [-0.05, 0) is 187 Å². The summed E-state index contributed by atoms with van der Waals surface area (Å²) < 4.78 is 114. The summed E-state index contributed by atoms with van der Waals surface area (Å²) in [5.41, 5.74) is 6.74. The molecule has 4 aromatic carbocycles. The molecule has 4 aliphatic carbocycles. The molecule has 28 nitrogen and oxygen atoms in total. The van der Waals surface area contributed by atoms with Crippen molar-refractivity contribution in [2.45, 2.75) is 240 Å². The van der Waals surface area contributed by atoms with E-state index in [1.807, 2.05) is 82.3 Å². The van der Waals surface area contributed by atoms with Crippen molar-refractivity contribution in [1.82, 2.24) is 69.9 Å². The molecule has 0 amide bonds. The number of aromatic nitrogens is 14. The first kappa shape index (κ1) is 94.1. The largest absolute Gasteiger partial charge is 0.434 e. The predicted octanol–water partition coefficient (Wildman–Crippen LogP) is 16.2. The van der Waals surface area contributed by atoms with Crippen molar-refractivity contribution in [1.29, 1.82) is 15.8 Å². The van der Waals surface area contributed by atoms with Crippen LogP contribution in [0.2, 0.25) is 0 Å². The first-order valence-electron chi connectivity index (χ1n) is 40.8. The molecule has 0 spiro atoms. The number of aryl methyl sites for hydroxylation is 3. The lowest BCUT2D eigenvalue weighted by molar-refractivity contribution is -0.139. The highest BCUT2D eigenvalue weighted by Crippen LogP contribution is 2.44. The van der Waals surface area contributed by atoms with Gasteiger partial charge in [-0.15, -0.1) is 10.2 Å². The lowest BCUT2D eigenvalue weighted by Crippen LogP contribution is -2.37. The smallest absolute Gasteiger partial charge is 0.419 e. The summed E-state index contributed by atoms with van der Waals surface area (Å²) in [6.07, 6.45) is 9.57. The number of ether oxygens (including phenoxy) is 1. The minimum Gasteiger partial charge on any atom is -0.434 e. The molecule has 0 radical (unpaired) electrons. The molecule has 0 saturated heterocycles. The van der Waals surface area contributed by atoms with Gasteiger partial charge in [0.1, 0.15) is 46.7 Å². The highest BCUT2D eigenvalue weighted by Gasteiger charge is 2.41. The zero-order valence-electron chi connectivity index (χ0n) is 69.3. The van der Waals surface area contributed by atoms with Gasteiger partial charge in [0.15, 0.2) is 0 Å². The van der Waals surface area contributed by atoms with E-state index < -0.39 is 36.2 Å². The van der Waals surface area contributed by atoms with Crippen LogP contribution in [0.4, 0.5) is 70.6 Å². The number of nitrogens with one attached hydrogen (secondary N) is 6. The summed E-state index contributed by atoms with van der Waals surface area (Å²) >= 11 is 0. The topological polar surface area (TPSA) is 398 Å². The van der Waals surface area contributed by atoms with Gasteiger partial charge in [0.05, 0.1) is 106 Å². The number of benzene rings is 4. The Balaban J connectivity index is 0.000000173. The van der Waals surface area contributed by atoms with Gasteiger partial charge < -0.3 is 57.1 Å². The van der Waals surface area contributed by atoms with Crippen LogP contribution in [-0.2, 0) is 51.4 Å². The molecule has 4 saturated carbocycles. The normalized spacial score (nSPS) is 19.6. The number of rotatable bonds is 24. The lowest BCUT2D eigenvalue weighted by Gasteiger charge is -2.39. The van der Waals surface area contributed by atoms with E-state index in [2.05, 4.69) is 123 Å². The van der Waals surface area contributed by atoms with E-state index in [1.165, 1.54) is 30.6 Å². The van der Waals surface area contributed by atoms with Crippen molar-refractivity contribution in [2.75, 3.05) is 31.9 Å². The second kappa shape index (κ2) is 42.8. The number of alkyl halides is 8. The van der Waals surface area contributed by atoms with Gasteiger partial charge in [0.2, 0.25) is 23.8 Å². The number of nitriles is 3. The molecule has 6 aromatic heterocycles. The van der Waals surface area contributed by atoms with Crippen molar-refractivity contribution in [2.24, 2.45) is 22.7 Å². The van der Waals surface area contributed by atoms with Crippen LogP contribution in [-0.4, -0.2) is 133 Å². The van der Waals surface area contributed by atoms with E-state index in [0.29, 0.717) is 105 Å². The standard InChI is InChI=1S/C24H29F3N6O.C24H29N7O.C20H22F3N5O.C19H21F2N5O2.CH4/c1-15-12-30-32-33(15)20-7-5-4-6-17(20)13-28-22-29-14-18(24(25,26)27)19(31-22)10-16-8-9-21(34)23(2,3)11-16;1-16-13-28-30-31(16)21-7-5-4-6-18(21)14-26-23-27-15-19(12-25)20(29-23)10-17-8-9-22(32)24(2,3)11-17;1-12-2-7-17(20(21,22)23)13(8-12)10-25-19-26-11-14(9-24)18(28-19)27-15-3-5-16(29)6-4-15;20-18(21)28-16-4-2-1-3-12(16)10-23-19-24-11-13(9-22)17(26-19)25-14-5-7-15(27)8-6-14;/h4-7,12,14,16,21,34H,8-11,13H2,1-3H3,(H,28,29,31);4-7,13,15,17,22,32H,8-11,14H2,1-3H3,(H,26,27,29);2,7-8,11,15-16,29H,3-6,10H2,1H3,(H2,25,26,27,28);1-4,11,14-15,18,27H,5-8,10H2,(H2,23,24,25,26);1H4/t16-,21-;17-,22-;;;/m00.../s1. The molecule has 6 heterocycles. The Kier molecular flexibility index (Phi) is 32.4. The van der Waals surface area contributed by atoms with Crippen molar-refractivity contribution in [3.8, 4) is 35.3 Å². The van der Waals surface area contributed by atoms with Gasteiger partial charge in [0.25, 0.3) is 0 Å². The van der Waals surface area contributed by atoms with Gasteiger partial charge in [-0.1, -0.05) is 118 Å². The quantitative estimate of drug-likeness (QED) is 0.0251. The molecule has 4 atom stereocenters. The van der Waals surface area contributed by atoms with E-state index >= 15 is 0 Å². The molecular formula is C88H105F8N23O5. The molecule has 14 rings (SSSR count). The molecular weight excluding hydrogens is 1610 g/mol. The Bertz CT molecular complexity index is 5300. The molecule has 124 heavy (non-hydrogen) atoms. The van der Waals surface area contributed by atoms with Gasteiger partial charge >= 0.3 is 19.0 Å². The highest BCUT2D eigenvalue weighted by atomic mass is 19.4. The predicted molar refractivity (Wildman–Crippen MR) is 450 cm³/mol. The fourth-order valence-corrected chi connectivity index (χ4v) is 15.7. The summed E-state index contributed by atoms with van der Waals surface area (Å²) in [4.78, 5) is 34.1. The third-order valence-electron chi connectivity index (χ3n) is 22.5. The molecule has 0 aliphatic heterocycles. The molecule has 10 aromatic rings. The minimum atomic E-state index is -4.53. The van der Waals surface area contributed by atoms with Crippen LogP contribution < -0.4 is 36.6 Å².